The number of rotatable bonds is 2. The maximum Gasteiger partial charge on any atom is 0.220 e. The Balaban J connectivity index is 1.99. The first-order chi connectivity index (χ1) is 11.1. The lowest BCUT2D eigenvalue weighted by atomic mass is 9.74. The summed E-state index contributed by atoms with van der Waals surface area (Å²) in [5.74, 6) is 0.909. The average molecular weight is 313 g/mol. The molecule has 0 amide bonds. The van der Waals surface area contributed by atoms with Crippen LogP contribution in [0.5, 0.6) is 11.5 Å². The van der Waals surface area contributed by atoms with Crippen LogP contribution in [0.25, 0.3) is 0 Å². The van der Waals surface area contributed by atoms with Crippen LogP contribution in [0.1, 0.15) is 17.5 Å². The van der Waals surface area contributed by atoms with Crippen LogP contribution in [0.4, 0.5) is 0 Å². The van der Waals surface area contributed by atoms with Gasteiger partial charge in [-0.3, -0.25) is 9.69 Å². The Morgan fingerprint density at radius 3 is 2.70 bits per heavy atom. The molecule has 1 N–H and O–H groups in total. The zero-order valence-corrected chi connectivity index (χ0v) is 13.3. The number of ether oxygens (including phenoxy) is 2. The molecule has 0 aromatic heterocycles. The first-order valence-corrected chi connectivity index (χ1v) is 7.78. The average Bonchev–Trinajstić information content (AvgIpc) is 2.92. The van der Waals surface area contributed by atoms with Gasteiger partial charge in [-0.2, -0.15) is 0 Å². The van der Waals surface area contributed by atoms with Gasteiger partial charge in [0.1, 0.15) is 0 Å². The Labute approximate surface area is 134 Å². The summed E-state index contributed by atoms with van der Waals surface area (Å²) < 4.78 is 10.6. The smallest absolute Gasteiger partial charge is 0.220 e. The van der Waals surface area contributed by atoms with E-state index in [-0.39, 0.29) is 11.5 Å². The largest absolute Gasteiger partial charge is 0.504 e. The number of ketones is 1. The fraction of sp³-hybridized carbons (Fsp3) is 0.389. The summed E-state index contributed by atoms with van der Waals surface area (Å²) >= 11 is 0. The second-order valence-corrected chi connectivity index (χ2v) is 6.18. The Bertz CT molecular complexity index is 765. The van der Waals surface area contributed by atoms with Crippen molar-refractivity contribution < 1.29 is 19.4 Å². The summed E-state index contributed by atoms with van der Waals surface area (Å²) in [5, 5.41) is 10.1. The number of allylic oxidation sites excluding steroid dienone is 1. The fourth-order valence-corrected chi connectivity index (χ4v) is 4.14. The van der Waals surface area contributed by atoms with Crippen molar-refractivity contribution in [2.24, 2.45) is 0 Å². The van der Waals surface area contributed by atoms with Gasteiger partial charge in [0.15, 0.2) is 17.3 Å². The van der Waals surface area contributed by atoms with Gasteiger partial charge in [0.2, 0.25) is 5.78 Å². The molecule has 1 aliphatic carbocycles. The van der Waals surface area contributed by atoms with Gasteiger partial charge in [-0.15, -0.1) is 0 Å². The van der Waals surface area contributed by atoms with Gasteiger partial charge in [-0.1, -0.05) is 0 Å². The SMILES string of the molecule is COC1=CC23C(=CC1=O)CCN2CCc1cc(O)c(OC)cc13. The van der Waals surface area contributed by atoms with E-state index in [9.17, 15) is 9.90 Å². The van der Waals surface area contributed by atoms with Crippen molar-refractivity contribution in [1.82, 2.24) is 4.90 Å². The van der Waals surface area contributed by atoms with Crippen molar-refractivity contribution in [3.05, 3.63) is 46.7 Å². The van der Waals surface area contributed by atoms with Crippen LogP contribution in [0.15, 0.2) is 35.6 Å². The second kappa shape index (κ2) is 4.86. The topological polar surface area (TPSA) is 59.0 Å². The lowest BCUT2D eigenvalue weighted by molar-refractivity contribution is -0.114. The molecule has 120 valence electrons. The predicted octanol–water partition coefficient (Wildman–Crippen LogP) is 1.90. The number of aromatic hydroxyl groups is 1. The minimum atomic E-state index is -0.451. The van der Waals surface area contributed by atoms with Gasteiger partial charge < -0.3 is 14.6 Å². The van der Waals surface area contributed by atoms with Crippen LogP contribution in [-0.2, 0) is 21.5 Å². The molecular weight excluding hydrogens is 294 g/mol. The number of methoxy groups -OCH3 is 2. The summed E-state index contributed by atoms with van der Waals surface area (Å²) in [4.78, 5) is 14.6. The highest BCUT2D eigenvalue weighted by atomic mass is 16.5. The highest BCUT2D eigenvalue weighted by molar-refractivity contribution is 6.05. The van der Waals surface area contributed by atoms with E-state index in [2.05, 4.69) is 4.90 Å². The van der Waals surface area contributed by atoms with Gasteiger partial charge in [0.25, 0.3) is 0 Å². The van der Waals surface area contributed by atoms with Crippen LogP contribution < -0.4 is 4.74 Å². The highest BCUT2D eigenvalue weighted by Gasteiger charge is 2.50. The Kier molecular flexibility index (Phi) is 3.03. The van der Waals surface area contributed by atoms with E-state index in [4.69, 9.17) is 9.47 Å². The van der Waals surface area contributed by atoms with Gasteiger partial charge in [0, 0.05) is 13.1 Å². The summed E-state index contributed by atoms with van der Waals surface area (Å²) in [6.07, 6.45) is 5.38. The van der Waals surface area contributed by atoms with Gasteiger partial charge in [-0.25, -0.2) is 0 Å². The maximum atomic E-state index is 12.2. The highest BCUT2D eigenvalue weighted by Crippen LogP contribution is 2.52. The summed E-state index contributed by atoms with van der Waals surface area (Å²) in [5.41, 5.74) is 2.81. The minimum absolute atomic E-state index is 0.0761. The number of phenols is 1. The van der Waals surface area contributed by atoms with Crippen molar-refractivity contribution in [3.8, 4) is 11.5 Å². The molecule has 1 aromatic rings. The van der Waals surface area contributed by atoms with Crippen LogP contribution in [0, 0.1) is 0 Å². The van der Waals surface area contributed by atoms with Crippen molar-refractivity contribution >= 4 is 5.78 Å². The lowest BCUT2D eigenvalue weighted by Gasteiger charge is -2.44. The second-order valence-electron chi connectivity index (χ2n) is 6.18. The molecule has 1 atom stereocenters. The molecule has 1 saturated heterocycles. The maximum absolute atomic E-state index is 12.2. The molecular formula is C18H19NO4. The third kappa shape index (κ3) is 1.80. The van der Waals surface area contributed by atoms with E-state index < -0.39 is 5.54 Å². The van der Waals surface area contributed by atoms with Crippen LogP contribution in [0.3, 0.4) is 0 Å². The number of carbonyl (C=O) groups is 1. The van der Waals surface area contributed by atoms with Crippen LogP contribution in [-0.4, -0.2) is 43.1 Å². The fourth-order valence-electron chi connectivity index (χ4n) is 4.14. The number of phenolic OH excluding ortho intramolecular Hbond substituents is 1. The molecule has 2 heterocycles. The molecule has 2 aliphatic heterocycles. The van der Waals surface area contributed by atoms with E-state index in [0.717, 1.165) is 42.6 Å². The summed E-state index contributed by atoms with van der Waals surface area (Å²) in [6.45, 7) is 1.80. The molecule has 4 rings (SSSR count). The first kappa shape index (κ1) is 14.3. The van der Waals surface area contributed by atoms with Crippen molar-refractivity contribution in [2.75, 3.05) is 27.3 Å². The van der Waals surface area contributed by atoms with Crippen LogP contribution in [0.2, 0.25) is 0 Å². The number of carbonyl (C=O) groups excluding carboxylic acids is 1. The lowest BCUT2D eigenvalue weighted by Crippen LogP contribution is -2.47. The standard InChI is InChI=1S/C18H19NO4/c1-22-16-9-13-11(7-14(16)20)3-5-19-6-4-12-8-15(21)17(23-2)10-18(12,13)19/h7-10,20H,3-6H2,1-2H3. The molecule has 5 nitrogen and oxygen atoms in total. The number of hydrogen-bond donors (Lipinski definition) is 1. The van der Waals surface area contributed by atoms with E-state index in [1.807, 2.05) is 12.1 Å². The van der Waals surface area contributed by atoms with Crippen LogP contribution >= 0.6 is 0 Å². The molecule has 3 aliphatic rings. The Morgan fingerprint density at radius 2 is 1.96 bits per heavy atom. The zero-order valence-electron chi connectivity index (χ0n) is 13.3. The predicted molar refractivity (Wildman–Crippen MR) is 84.4 cm³/mol. The van der Waals surface area contributed by atoms with E-state index >= 15 is 0 Å². The molecule has 0 bridgehead atoms. The quantitative estimate of drug-likeness (QED) is 0.903. The zero-order chi connectivity index (χ0) is 16.2. The van der Waals surface area contributed by atoms with E-state index in [0.29, 0.717) is 11.5 Å². The number of benzene rings is 1. The molecule has 0 radical (unpaired) electrons. The third-order valence-electron chi connectivity index (χ3n) is 5.21. The van der Waals surface area contributed by atoms with Gasteiger partial charge in [0.05, 0.1) is 19.8 Å². The minimum Gasteiger partial charge on any atom is -0.504 e. The number of fused-ring (bicyclic) bond motifs is 1. The first-order valence-electron chi connectivity index (χ1n) is 7.78. The Hall–Kier alpha value is -2.27. The third-order valence-corrected chi connectivity index (χ3v) is 5.21. The number of hydrogen-bond acceptors (Lipinski definition) is 5. The molecule has 1 fully saturated rings. The molecule has 1 spiro atoms. The molecule has 1 aromatic carbocycles. The van der Waals surface area contributed by atoms with Gasteiger partial charge in [-0.05, 0) is 53.8 Å². The van der Waals surface area contributed by atoms with Crippen molar-refractivity contribution in [1.29, 1.82) is 0 Å². The normalized spacial score (nSPS) is 25.9. The summed E-state index contributed by atoms with van der Waals surface area (Å²) in [7, 11) is 3.07. The van der Waals surface area contributed by atoms with E-state index in [1.54, 1.807) is 19.3 Å². The number of nitrogens with zero attached hydrogens (tertiary/aromatic N) is 1. The summed E-state index contributed by atoms with van der Waals surface area (Å²) in [6, 6.07) is 3.68. The van der Waals surface area contributed by atoms with Crippen molar-refractivity contribution in [2.45, 2.75) is 18.4 Å². The van der Waals surface area contributed by atoms with Gasteiger partial charge >= 0.3 is 0 Å². The molecule has 5 heteroatoms. The molecule has 0 saturated carbocycles. The Morgan fingerprint density at radius 1 is 1.17 bits per heavy atom. The molecule has 1 unspecified atom stereocenters. The molecule has 23 heavy (non-hydrogen) atoms. The van der Waals surface area contributed by atoms with E-state index in [1.165, 1.54) is 7.11 Å². The van der Waals surface area contributed by atoms with Crippen molar-refractivity contribution in [3.63, 3.8) is 0 Å². The monoisotopic (exact) mass is 313 g/mol.